The summed E-state index contributed by atoms with van der Waals surface area (Å²) in [6.07, 6.45) is 1.26. The normalized spacial score (nSPS) is 20.7. The van der Waals surface area contributed by atoms with E-state index in [4.69, 9.17) is 26.3 Å². The highest BCUT2D eigenvalue weighted by Crippen LogP contribution is 2.14. The third kappa shape index (κ3) is 5.59. The first-order chi connectivity index (χ1) is 11.9. The van der Waals surface area contributed by atoms with Gasteiger partial charge in [0.1, 0.15) is 11.6 Å². The second-order valence-corrected chi connectivity index (χ2v) is 6.29. The first-order valence-electron chi connectivity index (χ1n) is 7.86. The number of rotatable bonds is 4. The van der Waals surface area contributed by atoms with Crippen LogP contribution in [0.4, 0.5) is 0 Å². The largest absolute Gasteiger partial charge is 0.451 e. The summed E-state index contributed by atoms with van der Waals surface area (Å²) >= 11 is 5.80. The maximum absolute atomic E-state index is 12.2. The van der Waals surface area contributed by atoms with Gasteiger partial charge in [0.25, 0.3) is 5.91 Å². The van der Waals surface area contributed by atoms with Gasteiger partial charge < -0.3 is 14.4 Å². The molecule has 6 nitrogen and oxygen atoms in total. The Labute approximate surface area is 151 Å². The molecule has 132 valence electrons. The fraction of sp³-hybridized carbons (Fsp3) is 0.389. The SMILES string of the molecule is CC1CN(C(=O)COC(=O)C(C#N)=Cc2ccc(Cl)cc2)CC(C)O1. The molecule has 1 amide bonds. The molecule has 1 heterocycles. The number of ether oxygens (including phenoxy) is 2. The summed E-state index contributed by atoms with van der Waals surface area (Å²) in [6, 6.07) is 8.44. The lowest BCUT2D eigenvalue weighted by molar-refractivity contribution is -0.154. The van der Waals surface area contributed by atoms with E-state index in [1.165, 1.54) is 6.08 Å². The highest BCUT2D eigenvalue weighted by molar-refractivity contribution is 6.30. The van der Waals surface area contributed by atoms with Gasteiger partial charge in [-0.15, -0.1) is 0 Å². The summed E-state index contributed by atoms with van der Waals surface area (Å²) in [5, 5.41) is 9.69. The Morgan fingerprint density at radius 1 is 1.32 bits per heavy atom. The van der Waals surface area contributed by atoms with E-state index in [0.717, 1.165) is 0 Å². The van der Waals surface area contributed by atoms with Gasteiger partial charge in [0.05, 0.1) is 12.2 Å². The van der Waals surface area contributed by atoms with Crippen molar-refractivity contribution in [1.82, 2.24) is 4.90 Å². The van der Waals surface area contributed by atoms with Gasteiger partial charge >= 0.3 is 5.97 Å². The molecule has 0 spiro atoms. The van der Waals surface area contributed by atoms with E-state index in [9.17, 15) is 9.59 Å². The van der Waals surface area contributed by atoms with E-state index in [0.29, 0.717) is 23.7 Å². The van der Waals surface area contributed by atoms with Crippen molar-refractivity contribution in [1.29, 1.82) is 5.26 Å². The number of hydrogen-bond acceptors (Lipinski definition) is 5. The van der Waals surface area contributed by atoms with E-state index in [-0.39, 0.29) is 23.7 Å². The maximum Gasteiger partial charge on any atom is 0.349 e. The third-order valence-corrected chi connectivity index (χ3v) is 3.87. The Morgan fingerprint density at radius 3 is 2.48 bits per heavy atom. The molecule has 2 atom stereocenters. The van der Waals surface area contributed by atoms with Crippen molar-refractivity contribution in [3.8, 4) is 6.07 Å². The van der Waals surface area contributed by atoms with Crippen molar-refractivity contribution in [2.75, 3.05) is 19.7 Å². The molecule has 2 unspecified atom stereocenters. The molecule has 7 heteroatoms. The summed E-state index contributed by atoms with van der Waals surface area (Å²) in [5.41, 5.74) is 0.457. The fourth-order valence-electron chi connectivity index (χ4n) is 2.54. The average molecular weight is 363 g/mol. The van der Waals surface area contributed by atoms with Crippen LogP contribution >= 0.6 is 11.6 Å². The van der Waals surface area contributed by atoms with Crippen LogP contribution in [0, 0.1) is 11.3 Å². The summed E-state index contributed by atoms with van der Waals surface area (Å²) in [6.45, 7) is 4.26. The number of morpholine rings is 1. The first kappa shape index (κ1) is 19.0. The molecule has 0 aromatic heterocycles. The fourth-order valence-corrected chi connectivity index (χ4v) is 2.67. The zero-order chi connectivity index (χ0) is 18.4. The Balaban J connectivity index is 1.94. The van der Waals surface area contributed by atoms with Gasteiger partial charge in [-0.25, -0.2) is 4.79 Å². The number of nitriles is 1. The molecule has 1 aliphatic rings. The van der Waals surface area contributed by atoms with Crippen molar-refractivity contribution in [3.05, 3.63) is 40.4 Å². The van der Waals surface area contributed by atoms with Gasteiger partial charge in [0, 0.05) is 18.1 Å². The molecule has 1 aromatic rings. The van der Waals surface area contributed by atoms with Gasteiger partial charge in [-0.2, -0.15) is 5.26 Å². The summed E-state index contributed by atoms with van der Waals surface area (Å²) in [7, 11) is 0. The lowest BCUT2D eigenvalue weighted by Gasteiger charge is -2.35. The molecule has 1 aromatic carbocycles. The van der Waals surface area contributed by atoms with Crippen LogP contribution < -0.4 is 0 Å². The van der Waals surface area contributed by atoms with Crippen molar-refractivity contribution in [3.63, 3.8) is 0 Å². The minimum atomic E-state index is -0.833. The minimum absolute atomic E-state index is 0.0668. The van der Waals surface area contributed by atoms with Crippen molar-refractivity contribution >= 4 is 29.6 Å². The quantitative estimate of drug-likeness (QED) is 0.467. The van der Waals surface area contributed by atoms with Gasteiger partial charge in [-0.05, 0) is 37.6 Å². The second-order valence-electron chi connectivity index (χ2n) is 5.85. The number of halogens is 1. The number of carbonyl (C=O) groups is 2. The second kappa shape index (κ2) is 8.65. The van der Waals surface area contributed by atoms with Crippen LogP contribution in [0.2, 0.25) is 5.02 Å². The Kier molecular flexibility index (Phi) is 6.57. The predicted molar refractivity (Wildman–Crippen MR) is 92.6 cm³/mol. The average Bonchev–Trinajstić information content (AvgIpc) is 2.58. The number of esters is 1. The van der Waals surface area contributed by atoms with E-state index in [1.54, 1.807) is 35.2 Å². The maximum atomic E-state index is 12.2. The zero-order valence-electron chi connectivity index (χ0n) is 14.1. The van der Waals surface area contributed by atoms with Gasteiger partial charge in [0.15, 0.2) is 6.61 Å². The zero-order valence-corrected chi connectivity index (χ0v) is 14.8. The molecule has 1 fully saturated rings. The standard InChI is InChI=1S/C18H19ClN2O4/c1-12-9-21(10-13(2)25-12)17(22)11-24-18(23)15(8-20)7-14-3-5-16(19)6-4-14/h3-7,12-13H,9-11H2,1-2H3. The molecule has 2 rings (SSSR count). The Bertz CT molecular complexity index is 699. The molecule has 1 aliphatic heterocycles. The van der Waals surface area contributed by atoms with E-state index < -0.39 is 12.6 Å². The molecule has 1 saturated heterocycles. The predicted octanol–water partition coefficient (Wildman–Crippen LogP) is 2.43. The molecule has 0 radical (unpaired) electrons. The van der Waals surface area contributed by atoms with Gasteiger partial charge in [-0.1, -0.05) is 23.7 Å². The van der Waals surface area contributed by atoms with Crippen LogP contribution in [0.3, 0.4) is 0 Å². The van der Waals surface area contributed by atoms with Crippen LogP contribution in [0.5, 0.6) is 0 Å². The molecule has 0 aliphatic carbocycles. The molecule has 0 bridgehead atoms. The Hall–Kier alpha value is -2.36. The molecule has 25 heavy (non-hydrogen) atoms. The van der Waals surface area contributed by atoms with Crippen molar-refractivity contribution in [2.24, 2.45) is 0 Å². The Morgan fingerprint density at radius 2 is 1.92 bits per heavy atom. The van der Waals surface area contributed by atoms with Crippen LogP contribution in [-0.2, 0) is 19.1 Å². The number of carbonyl (C=O) groups excluding carboxylic acids is 2. The molecule has 0 saturated carbocycles. The van der Waals surface area contributed by atoms with E-state index in [1.807, 2.05) is 13.8 Å². The first-order valence-corrected chi connectivity index (χ1v) is 8.24. The monoisotopic (exact) mass is 362 g/mol. The number of benzene rings is 1. The summed E-state index contributed by atoms with van der Waals surface area (Å²) in [4.78, 5) is 25.8. The topological polar surface area (TPSA) is 79.6 Å². The van der Waals surface area contributed by atoms with Crippen LogP contribution in [-0.4, -0.2) is 48.7 Å². The van der Waals surface area contributed by atoms with Gasteiger partial charge in [0.2, 0.25) is 0 Å². The third-order valence-electron chi connectivity index (χ3n) is 3.62. The number of nitrogens with zero attached hydrogens (tertiary/aromatic N) is 2. The minimum Gasteiger partial charge on any atom is -0.451 e. The van der Waals surface area contributed by atoms with Crippen molar-refractivity contribution in [2.45, 2.75) is 26.1 Å². The summed E-state index contributed by atoms with van der Waals surface area (Å²) in [5.74, 6) is -1.14. The van der Waals surface area contributed by atoms with Gasteiger partial charge in [-0.3, -0.25) is 4.79 Å². The number of hydrogen-bond donors (Lipinski definition) is 0. The lowest BCUT2D eigenvalue weighted by Crippen LogP contribution is -2.49. The lowest BCUT2D eigenvalue weighted by atomic mass is 10.1. The molecular weight excluding hydrogens is 344 g/mol. The highest BCUT2D eigenvalue weighted by atomic mass is 35.5. The van der Waals surface area contributed by atoms with Crippen LogP contribution in [0.15, 0.2) is 29.8 Å². The molecular formula is C18H19ClN2O4. The smallest absolute Gasteiger partial charge is 0.349 e. The van der Waals surface area contributed by atoms with E-state index >= 15 is 0 Å². The summed E-state index contributed by atoms with van der Waals surface area (Å²) < 4.78 is 10.5. The number of amides is 1. The van der Waals surface area contributed by atoms with Crippen molar-refractivity contribution < 1.29 is 19.1 Å². The van der Waals surface area contributed by atoms with Crippen LogP contribution in [0.1, 0.15) is 19.4 Å². The molecule has 0 N–H and O–H groups in total. The van der Waals surface area contributed by atoms with Crippen LogP contribution in [0.25, 0.3) is 6.08 Å². The highest BCUT2D eigenvalue weighted by Gasteiger charge is 2.26. The van der Waals surface area contributed by atoms with E-state index in [2.05, 4.69) is 0 Å².